The van der Waals surface area contributed by atoms with Gasteiger partial charge in [-0.25, -0.2) is 9.37 Å². The van der Waals surface area contributed by atoms with E-state index in [0.29, 0.717) is 12.1 Å². The highest BCUT2D eigenvalue weighted by Crippen LogP contribution is 2.22. The number of rotatable bonds is 4. The number of imidazole rings is 1. The normalized spacial score (nSPS) is 11.1. The Morgan fingerprint density at radius 2 is 2.00 bits per heavy atom. The van der Waals surface area contributed by atoms with Crippen molar-refractivity contribution in [1.29, 1.82) is 0 Å². The standard InChI is InChI=1S/C16H16FN3/c1-2-18-10-12-13(17)6-5-9-15(12)20-11-19-14-7-3-4-8-16(14)20/h3-9,11,18H,2,10H2,1H3. The highest BCUT2D eigenvalue weighted by molar-refractivity contribution is 5.77. The predicted octanol–water partition coefficient (Wildman–Crippen LogP) is 3.27. The second kappa shape index (κ2) is 5.43. The van der Waals surface area contributed by atoms with Gasteiger partial charge in [-0.1, -0.05) is 25.1 Å². The number of hydrogen-bond donors (Lipinski definition) is 1. The van der Waals surface area contributed by atoms with Gasteiger partial charge in [0.2, 0.25) is 0 Å². The quantitative estimate of drug-likeness (QED) is 0.787. The topological polar surface area (TPSA) is 29.9 Å². The Morgan fingerprint density at radius 1 is 1.15 bits per heavy atom. The van der Waals surface area contributed by atoms with Crippen LogP contribution < -0.4 is 5.32 Å². The second-order valence-electron chi connectivity index (χ2n) is 4.62. The molecule has 1 aromatic heterocycles. The maximum Gasteiger partial charge on any atom is 0.129 e. The third kappa shape index (κ3) is 2.18. The number of nitrogens with zero attached hydrogens (tertiary/aromatic N) is 2. The van der Waals surface area contributed by atoms with Crippen LogP contribution in [0.25, 0.3) is 16.7 Å². The summed E-state index contributed by atoms with van der Waals surface area (Å²) in [4.78, 5) is 4.37. The molecular weight excluding hydrogens is 253 g/mol. The molecule has 0 aliphatic heterocycles. The van der Waals surface area contributed by atoms with E-state index in [0.717, 1.165) is 23.3 Å². The molecule has 1 heterocycles. The van der Waals surface area contributed by atoms with E-state index >= 15 is 0 Å². The molecule has 20 heavy (non-hydrogen) atoms. The zero-order valence-corrected chi connectivity index (χ0v) is 11.3. The fourth-order valence-electron chi connectivity index (χ4n) is 2.35. The lowest BCUT2D eigenvalue weighted by Gasteiger charge is -2.12. The Hall–Kier alpha value is -2.20. The number of fused-ring (bicyclic) bond motifs is 1. The van der Waals surface area contributed by atoms with E-state index in [-0.39, 0.29) is 5.82 Å². The minimum atomic E-state index is -0.193. The molecule has 0 unspecified atom stereocenters. The van der Waals surface area contributed by atoms with Crippen molar-refractivity contribution in [2.75, 3.05) is 6.54 Å². The van der Waals surface area contributed by atoms with Crippen LogP contribution in [0.15, 0.2) is 48.8 Å². The van der Waals surface area contributed by atoms with Crippen LogP contribution in [0, 0.1) is 5.82 Å². The van der Waals surface area contributed by atoms with Crippen molar-refractivity contribution < 1.29 is 4.39 Å². The van der Waals surface area contributed by atoms with Crippen LogP contribution in [-0.2, 0) is 6.54 Å². The first kappa shape index (κ1) is 12.8. The molecule has 0 saturated heterocycles. The Labute approximate surface area is 117 Å². The molecule has 0 saturated carbocycles. The van der Waals surface area contributed by atoms with Crippen molar-refractivity contribution in [3.8, 4) is 5.69 Å². The summed E-state index contributed by atoms with van der Waals surface area (Å²) >= 11 is 0. The average molecular weight is 269 g/mol. The van der Waals surface area contributed by atoms with Crippen molar-refractivity contribution in [2.24, 2.45) is 0 Å². The SMILES string of the molecule is CCNCc1c(F)cccc1-n1cnc2ccccc21. The van der Waals surface area contributed by atoms with E-state index in [1.54, 1.807) is 12.4 Å². The maximum atomic E-state index is 14.1. The summed E-state index contributed by atoms with van der Waals surface area (Å²) in [6, 6.07) is 13.0. The van der Waals surface area contributed by atoms with E-state index in [4.69, 9.17) is 0 Å². The third-order valence-corrected chi connectivity index (χ3v) is 3.36. The van der Waals surface area contributed by atoms with Crippen LogP contribution in [0.3, 0.4) is 0 Å². The lowest BCUT2D eigenvalue weighted by Crippen LogP contribution is -2.15. The number of benzene rings is 2. The minimum Gasteiger partial charge on any atom is -0.313 e. The molecule has 0 radical (unpaired) electrons. The summed E-state index contributed by atoms with van der Waals surface area (Å²) in [5, 5.41) is 3.18. The van der Waals surface area contributed by atoms with Crippen LogP contribution in [0.5, 0.6) is 0 Å². The molecule has 0 fully saturated rings. The van der Waals surface area contributed by atoms with Gasteiger partial charge in [-0.2, -0.15) is 0 Å². The average Bonchev–Trinajstić information content (AvgIpc) is 2.89. The number of hydrogen-bond acceptors (Lipinski definition) is 2. The van der Waals surface area contributed by atoms with Gasteiger partial charge in [-0.3, -0.25) is 4.57 Å². The van der Waals surface area contributed by atoms with Gasteiger partial charge in [-0.05, 0) is 30.8 Å². The summed E-state index contributed by atoms with van der Waals surface area (Å²) in [7, 11) is 0. The molecule has 3 aromatic rings. The predicted molar refractivity (Wildman–Crippen MR) is 78.4 cm³/mol. The Kier molecular flexibility index (Phi) is 3.48. The largest absolute Gasteiger partial charge is 0.313 e. The van der Waals surface area contributed by atoms with Crippen molar-refractivity contribution in [3.05, 3.63) is 60.2 Å². The molecule has 102 valence electrons. The Morgan fingerprint density at radius 3 is 2.85 bits per heavy atom. The summed E-state index contributed by atoms with van der Waals surface area (Å²) < 4.78 is 16.0. The van der Waals surface area contributed by atoms with Gasteiger partial charge in [0.15, 0.2) is 0 Å². The maximum absolute atomic E-state index is 14.1. The first-order chi connectivity index (χ1) is 9.81. The van der Waals surface area contributed by atoms with E-state index in [9.17, 15) is 4.39 Å². The number of aromatic nitrogens is 2. The first-order valence-corrected chi connectivity index (χ1v) is 6.72. The molecule has 3 nitrogen and oxygen atoms in total. The summed E-state index contributed by atoms with van der Waals surface area (Å²) in [6.07, 6.45) is 1.74. The van der Waals surface area contributed by atoms with Gasteiger partial charge in [0.1, 0.15) is 12.1 Å². The summed E-state index contributed by atoms with van der Waals surface area (Å²) in [5.41, 5.74) is 3.39. The summed E-state index contributed by atoms with van der Waals surface area (Å²) in [5.74, 6) is -0.193. The van der Waals surface area contributed by atoms with Gasteiger partial charge >= 0.3 is 0 Å². The van der Waals surface area contributed by atoms with Crippen molar-refractivity contribution >= 4 is 11.0 Å². The fraction of sp³-hybridized carbons (Fsp3) is 0.188. The molecule has 0 bridgehead atoms. The van der Waals surface area contributed by atoms with Gasteiger partial charge in [0.25, 0.3) is 0 Å². The van der Waals surface area contributed by atoms with E-state index in [1.165, 1.54) is 6.07 Å². The van der Waals surface area contributed by atoms with Gasteiger partial charge in [0, 0.05) is 12.1 Å². The van der Waals surface area contributed by atoms with Gasteiger partial charge in [-0.15, -0.1) is 0 Å². The van der Waals surface area contributed by atoms with Crippen LogP contribution in [0.2, 0.25) is 0 Å². The lowest BCUT2D eigenvalue weighted by molar-refractivity contribution is 0.591. The summed E-state index contributed by atoms with van der Waals surface area (Å²) in [6.45, 7) is 3.32. The highest BCUT2D eigenvalue weighted by Gasteiger charge is 2.11. The van der Waals surface area contributed by atoms with Crippen LogP contribution in [0.1, 0.15) is 12.5 Å². The van der Waals surface area contributed by atoms with Crippen LogP contribution >= 0.6 is 0 Å². The van der Waals surface area contributed by atoms with Crippen LogP contribution in [0.4, 0.5) is 4.39 Å². The molecule has 0 spiro atoms. The molecular formula is C16H16FN3. The fourth-order valence-corrected chi connectivity index (χ4v) is 2.35. The zero-order chi connectivity index (χ0) is 13.9. The number of halogens is 1. The monoisotopic (exact) mass is 269 g/mol. The van der Waals surface area contributed by atoms with Gasteiger partial charge < -0.3 is 5.32 Å². The molecule has 4 heteroatoms. The third-order valence-electron chi connectivity index (χ3n) is 3.36. The molecule has 0 atom stereocenters. The Bertz CT molecular complexity index is 733. The molecule has 0 aliphatic carbocycles. The molecule has 2 aromatic carbocycles. The molecule has 3 rings (SSSR count). The second-order valence-corrected chi connectivity index (χ2v) is 4.62. The molecule has 0 amide bonds. The van der Waals surface area contributed by atoms with Crippen LogP contribution in [-0.4, -0.2) is 16.1 Å². The molecule has 0 aliphatic rings. The first-order valence-electron chi connectivity index (χ1n) is 6.72. The smallest absolute Gasteiger partial charge is 0.129 e. The van der Waals surface area contributed by atoms with Crippen molar-refractivity contribution in [3.63, 3.8) is 0 Å². The minimum absolute atomic E-state index is 0.193. The van der Waals surface area contributed by atoms with Crippen molar-refractivity contribution in [1.82, 2.24) is 14.9 Å². The Balaban J connectivity index is 2.16. The van der Waals surface area contributed by atoms with E-state index < -0.39 is 0 Å². The highest BCUT2D eigenvalue weighted by atomic mass is 19.1. The van der Waals surface area contributed by atoms with E-state index in [2.05, 4.69) is 10.3 Å². The zero-order valence-electron chi connectivity index (χ0n) is 11.3. The molecule has 1 N–H and O–H groups in total. The lowest BCUT2D eigenvalue weighted by atomic mass is 10.1. The van der Waals surface area contributed by atoms with Gasteiger partial charge in [0.05, 0.1) is 16.7 Å². The number of para-hydroxylation sites is 2. The number of nitrogens with one attached hydrogen (secondary N) is 1. The van der Waals surface area contributed by atoms with E-state index in [1.807, 2.05) is 41.8 Å². The van der Waals surface area contributed by atoms with Crippen molar-refractivity contribution in [2.45, 2.75) is 13.5 Å².